The zero-order valence-corrected chi connectivity index (χ0v) is 16.3. The van der Waals surface area contributed by atoms with Gasteiger partial charge in [0.05, 0.1) is 16.6 Å². The van der Waals surface area contributed by atoms with Crippen molar-refractivity contribution in [2.24, 2.45) is 7.05 Å². The molecule has 0 fully saturated rings. The third kappa shape index (κ3) is 3.13. The fourth-order valence-corrected chi connectivity index (χ4v) is 3.78. The van der Waals surface area contributed by atoms with Gasteiger partial charge in [0, 0.05) is 24.6 Å². The molecule has 28 heavy (non-hydrogen) atoms. The number of halogens is 2. The highest BCUT2D eigenvalue weighted by atomic mass is 32.2. The van der Waals surface area contributed by atoms with Crippen molar-refractivity contribution >= 4 is 34.3 Å². The first-order valence-corrected chi connectivity index (χ1v) is 9.69. The summed E-state index contributed by atoms with van der Waals surface area (Å²) in [4.78, 5) is 27.7. The lowest BCUT2D eigenvalue weighted by atomic mass is 10.1. The van der Waals surface area contributed by atoms with Crippen LogP contribution < -0.4 is 10.5 Å². The van der Waals surface area contributed by atoms with E-state index in [0.717, 1.165) is 17.0 Å². The van der Waals surface area contributed by atoms with Crippen LogP contribution in [0, 0.1) is 11.6 Å². The molecule has 0 unspecified atom stereocenters. The fraction of sp³-hybridized carbons (Fsp3) is 0.200. The molecule has 146 valence electrons. The van der Waals surface area contributed by atoms with Gasteiger partial charge in [0.2, 0.25) is 0 Å². The van der Waals surface area contributed by atoms with Crippen molar-refractivity contribution in [3.8, 4) is 5.75 Å². The third-order valence-corrected chi connectivity index (χ3v) is 5.33. The molecule has 0 saturated carbocycles. The van der Waals surface area contributed by atoms with E-state index in [0.29, 0.717) is 21.9 Å². The van der Waals surface area contributed by atoms with Crippen LogP contribution >= 0.6 is 11.8 Å². The molecule has 0 bridgehead atoms. The number of benzene rings is 2. The van der Waals surface area contributed by atoms with Crippen LogP contribution in [-0.2, 0) is 7.05 Å². The van der Waals surface area contributed by atoms with Gasteiger partial charge in [0.15, 0.2) is 0 Å². The molecule has 1 aromatic heterocycles. The minimum atomic E-state index is -0.933. The quantitative estimate of drug-likeness (QED) is 0.670. The summed E-state index contributed by atoms with van der Waals surface area (Å²) < 4.78 is 28.7. The van der Waals surface area contributed by atoms with Crippen LogP contribution in [0.4, 0.5) is 14.5 Å². The number of fused-ring (bicyclic) bond motifs is 1. The molecule has 0 atom stereocenters. The molecule has 1 heterocycles. The van der Waals surface area contributed by atoms with E-state index in [2.05, 4.69) is 0 Å². The highest BCUT2D eigenvalue weighted by Gasteiger charge is 2.28. The summed E-state index contributed by atoms with van der Waals surface area (Å²) in [5, 5.41) is 11.2. The number of nitrogens with zero attached hydrogens (tertiary/aromatic N) is 2. The average Bonchev–Trinajstić information content (AvgIpc) is 2.67. The van der Waals surface area contributed by atoms with Crippen LogP contribution in [0.15, 0.2) is 46.1 Å². The summed E-state index contributed by atoms with van der Waals surface area (Å²) >= 11 is 1.36. The smallest absolute Gasteiger partial charge is 0.267 e. The fourth-order valence-electron chi connectivity index (χ4n) is 3.16. The summed E-state index contributed by atoms with van der Waals surface area (Å²) in [6, 6.07) is 8.00. The lowest BCUT2D eigenvalue weighted by molar-refractivity contribution is 0.0983. The first-order chi connectivity index (χ1) is 13.3. The molecule has 1 amide bonds. The van der Waals surface area contributed by atoms with E-state index < -0.39 is 34.4 Å². The van der Waals surface area contributed by atoms with Gasteiger partial charge in [-0.15, -0.1) is 11.8 Å². The Morgan fingerprint density at radius 1 is 1.25 bits per heavy atom. The second-order valence-corrected chi connectivity index (χ2v) is 6.94. The van der Waals surface area contributed by atoms with Crippen LogP contribution in [0.5, 0.6) is 5.75 Å². The maximum Gasteiger partial charge on any atom is 0.267 e. The van der Waals surface area contributed by atoms with E-state index in [1.54, 1.807) is 25.1 Å². The number of amides is 1. The average molecular weight is 404 g/mol. The molecule has 1 N–H and O–H groups in total. The molecule has 3 aromatic rings. The van der Waals surface area contributed by atoms with Gasteiger partial charge in [0.25, 0.3) is 11.5 Å². The predicted octanol–water partition coefficient (Wildman–Crippen LogP) is 3.91. The van der Waals surface area contributed by atoms with Gasteiger partial charge < -0.3 is 14.6 Å². The van der Waals surface area contributed by atoms with Crippen molar-refractivity contribution < 1.29 is 18.7 Å². The van der Waals surface area contributed by atoms with Crippen LogP contribution in [-0.4, -0.2) is 28.4 Å². The zero-order valence-electron chi connectivity index (χ0n) is 15.5. The number of carbonyl (C=O) groups excluding carboxylic acids is 1. The Balaban J connectivity index is 2.27. The Morgan fingerprint density at radius 3 is 2.57 bits per heavy atom. The van der Waals surface area contributed by atoms with Gasteiger partial charge in [-0.25, -0.2) is 8.78 Å². The van der Waals surface area contributed by atoms with E-state index in [4.69, 9.17) is 0 Å². The van der Waals surface area contributed by atoms with E-state index in [-0.39, 0.29) is 12.2 Å². The number of aromatic nitrogens is 1. The van der Waals surface area contributed by atoms with E-state index in [9.17, 15) is 23.5 Å². The number of hydrogen-bond acceptors (Lipinski definition) is 4. The van der Waals surface area contributed by atoms with Crippen molar-refractivity contribution in [1.29, 1.82) is 0 Å². The predicted molar refractivity (Wildman–Crippen MR) is 106 cm³/mol. The van der Waals surface area contributed by atoms with Gasteiger partial charge in [-0.3, -0.25) is 9.59 Å². The Labute approximate surface area is 164 Å². The van der Waals surface area contributed by atoms with Crippen LogP contribution in [0.3, 0.4) is 0 Å². The first-order valence-electron chi connectivity index (χ1n) is 8.47. The van der Waals surface area contributed by atoms with E-state index >= 15 is 0 Å². The Hall–Kier alpha value is -2.87. The highest BCUT2D eigenvalue weighted by molar-refractivity contribution is 7.98. The summed E-state index contributed by atoms with van der Waals surface area (Å²) in [5.41, 5.74) is -0.855. The summed E-state index contributed by atoms with van der Waals surface area (Å²) in [6.45, 7) is 1.61. The minimum absolute atomic E-state index is 0.0200. The molecule has 3 rings (SSSR count). The number of carbonyl (C=O) groups is 1. The van der Waals surface area contributed by atoms with Crippen LogP contribution in [0.1, 0.15) is 17.3 Å². The molecule has 5 nitrogen and oxygen atoms in total. The first kappa shape index (κ1) is 19.9. The number of thioether (sulfide) groups is 1. The van der Waals surface area contributed by atoms with Gasteiger partial charge in [0.1, 0.15) is 22.9 Å². The van der Waals surface area contributed by atoms with Gasteiger partial charge in [-0.2, -0.15) is 0 Å². The lowest BCUT2D eigenvalue weighted by Crippen LogP contribution is -2.37. The standard InChI is InChI=1S/C20H18F2N2O3S/c1-4-24(13-9-8-11(21)10-12(13)22)20(27)17-18(25)16-14(23(2)19(17)26)6-5-7-15(16)28-3/h5-10,25H,4H2,1-3H3. The molecule has 8 heteroatoms. The lowest BCUT2D eigenvalue weighted by Gasteiger charge is -2.23. The third-order valence-electron chi connectivity index (χ3n) is 4.55. The summed E-state index contributed by atoms with van der Waals surface area (Å²) in [5.74, 6) is -3.02. The van der Waals surface area contributed by atoms with Crippen molar-refractivity contribution in [1.82, 2.24) is 4.57 Å². The molecule has 2 aromatic carbocycles. The number of aryl methyl sites for hydroxylation is 1. The molecular formula is C20H18F2N2O3S. The van der Waals surface area contributed by atoms with Gasteiger partial charge in [-0.1, -0.05) is 6.07 Å². The van der Waals surface area contributed by atoms with Crippen molar-refractivity contribution in [2.45, 2.75) is 11.8 Å². The second-order valence-electron chi connectivity index (χ2n) is 6.09. The van der Waals surface area contributed by atoms with Gasteiger partial charge >= 0.3 is 0 Å². The largest absolute Gasteiger partial charge is 0.506 e. The van der Waals surface area contributed by atoms with Crippen LogP contribution in [0.2, 0.25) is 0 Å². The number of pyridine rings is 1. The normalized spacial score (nSPS) is 11.0. The Kier molecular flexibility index (Phi) is 5.42. The maximum absolute atomic E-state index is 14.2. The number of anilines is 1. The molecule has 0 aliphatic heterocycles. The molecule has 0 aliphatic carbocycles. The zero-order chi connectivity index (χ0) is 20.6. The van der Waals surface area contributed by atoms with E-state index in [1.807, 2.05) is 6.26 Å². The maximum atomic E-state index is 14.2. The molecular weight excluding hydrogens is 386 g/mol. The molecule has 0 spiro atoms. The van der Waals surface area contributed by atoms with Crippen molar-refractivity contribution in [3.63, 3.8) is 0 Å². The number of hydrogen-bond donors (Lipinski definition) is 1. The molecule has 0 saturated heterocycles. The summed E-state index contributed by atoms with van der Waals surface area (Å²) in [6.07, 6.45) is 1.81. The highest BCUT2D eigenvalue weighted by Crippen LogP contribution is 2.35. The summed E-state index contributed by atoms with van der Waals surface area (Å²) in [7, 11) is 1.50. The van der Waals surface area contributed by atoms with E-state index in [1.165, 1.54) is 23.4 Å². The van der Waals surface area contributed by atoms with Crippen LogP contribution in [0.25, 0.3) is 10.9 Å². The number of rotatable bonds is 4. The SMILES string of the molecule is CCN(C(=O)c1c(O)c2c(SC)cccc2n(C)c1=O)c1ccc(F)cc1F. The van der Waals surface area contributed by atoms with Crippen molar-refractivity contribution in [3.05, 3.63) is 63.9 Å². The second kappa shape index (κ2) is 7.63. The topological polar surface area (TPSA) is 62.5 Å². The molecule has 0 radical (unpaired) electrons. The monoisotopic (exact) mass is 404 g/mol. The molecule has 0 aliphatic rings. The minimum Gasteiger partial charge on any atom is -0.506 e. The Bertz CT molecular complexity index is 1140. The number of aromatic hydroxyl groups is 1. The Morgan fingerprint density at radius 2 is 1.96 bits per heavy atom. The van der Waals surface area contributed by atoms with Crippen molar-refractivity contribution in [2.75, 3.05) is 17.7 Å². The van der Waals surface area contributed by atoms with Gasteiger partial charge in [-0.05, 0) is 37.4 Å².